The molecule has 0 fully saturated rings. The zero-order valence-corrected chi connectivity index (χ0v) is 11.2. The van der Waals surface area contributed by atoms with Gasteiger partial charge in [-0.1, -0.05) is 0 Å². The van der Waals surface area contributed by atoms with Gasteiger partial charge in [0, 0.05) is 28.0 Å². The number of rotatable bonds is 3. The molecule has 0 amide bonds. The van der Waals surface area contributed by atoms with E-state index in [9.17, 15) is 8.78 Å². The van der Waals surface area contributed by atoms with Gasteiger partial charge in [0.2, 0.25) is 0 Å². The average molecular weight is 300 g/mol. The van der Waals surface area contributed by atoms with Crippen LogP contribution in [0, 0.1) is 0 Å². The fraction of sp³-hybridized carbons (Fsp3) is 0.0667. The SMILES string of the molecule is FC(F)Oc1ccc2[nH]c3cnc(-c4cn[nH]c4)cc3c2c1. The minimum atomic E-state index is -2.84. The molecule has 3 heterocycles. The first-order chi connectivity index (χ1) is 10.7. The summed E-state index contributed by atoms with van der Waals surface area (Å²) in [7, 11) is 0. The summed E-state index contributed by atoms with van der Waals surface area (Å²) in [5, 5.41) is 8.33. The van der Waals surface area contributed by atoms with Crippen LogP contribution in [0.15, 0.2) is 42.9 Å². The number of hydrogen-bond acceptors (Lipinski definition) is 3. The number of ether oxygens (including phenoxy) is 1. The number of nitrogens with one attached hydrogen (secondary N) is 2. The van der Waals surface area contributed by atoms with Gasteiger partial charge in [-0.2, -0.15) is 13.9 Å². The van der Waals surface area contributed by atoms with Gasteiger partial charge in [-0.3, -0.25) is 10.1 Å². The third kappa shape index (κ3) is 2.07. The number of hydrogen-bond donors (Lipinski definition) is 2. The van der Waals surface area contributed by atoms with Crippen LogP contribution in [-0.2, 0) is 0 Å². The first-order valence-electron chi connectivity index (χ1n) is 6.56. The van der Waals surface area contributed by atoms with E-state index in [1.807, 2.05) is 6.07 Å². The van der Waals surface area contributed by atoms with E-state index >= 15 is 0 Å². The van der Waals surface area contributed by atoms with Crippen LogP contribution in [-0.4, -0.2) is 26.8 Å². The van der Waals surface area contributed by atoms with Crippen LogP contribution in [0.5, 0.6) is 5.75 Å². The molecule has 2 N–H and O–H groups in total. The molecule has 0 spiro atoms. The molecular formula is C15H10F2N4O. The van der Waals surface area contributed by atoms with Crippen LogP contribution in [0.4, 0.5) is 8.78 Å². The highest BCUT2D eigenvalue weighted by atomic mass is 19.3. The zero-order chi connectivity index (χ0) is 15.1. The van der Waals surface area contributed by atoms with Crippen molar-refractivity contribution in [1.82, 2.24) is 20.2 Å². The first kappa shape index (κ1) is 12.8. The maximum Gasteiger partial charge on any atom is 0.387 e. The highest BCUT2D eigenvalue weighted by Crippen LogP contribution is 2.31. The van der Waals surface area contributed by atoms with E-state index in [0.29, 0.717) is 0 Å². The second kappa shape index (κ2) is 4.80. The first-order valence-corrected chi connectivity index (χ1v) is 6.56. The van der Waals surface area contributed by atoms with E-state index in [1.165, 1.54) is 6.07 Å². The Morgan fingerprint density at radius 1 is 1.05 bits per heavy atom. The highest BCUT2D eigenvalue weighted by molar-refractivity contribution is 6.08. The highest BCUT2D eigenvalue weighted by Gasteiger charge is 2.10. The Kier molecular flexibility index (Phi) is 2.78. The summed E-state index contributed by atoms with van der Waals surface area (Å²) >= 11 is 0. The molecule has 7 heteroatoms. The lowest BCUT2D eigenvalue weighted by molar-refractivity contribution is -0.0497. The van der Waals surface area contributed by atoms with Gasteiger partial charge in [0.1, 0.15) is 5.75 Å². The predicted molar refractivity (Wildman–Crippen MR) is 77.8 cm³/mol. The van der Waals surface area contributed by atoms with Crippen LogP contribution in [0.3, 0.4) is 0 Å². The molecule has 0 aliphatic heterocycles. The summed E-state index contributed by atoms with van der Waals surface area (Å²) in [5.74, 6) is 0.130. The molecule has 22 heavy (non-hydrogen) atoms. The van der Waals surface area contributed by atoms with E-state index in [0.717, 1.165) is 33.1 Å². The third-order valence-electron chi connectivity index (χ3n) is 3.47. The summed E-state index contributed by atoms with van der Waals surface area (Å²) in [6.07, 6.45) is 5.13. The second-order valence-electron chi connectivity index (χ2n) is 4.81. The molecule has 5 nitrogen and oxygen atoms in total. The summed E-state index contributed by atoms with van der Waals surface area (Å²) in [4.78, 5) is 7.57. The van der Waals surface area contributed by atoms with Crippen molar-refractivity contribution in [2.45, 2.75) is 6.61 Å². The second-order valence-corrected chi connectivity index (χ2v) is 4.81. The van der Waals surface area contributed by atoms with Gasteiger partial charge in [-0.25, -0.2) is 0 Å². The lowest BCUT2D eigenvalue weighted by atomic mass is 10.1. The Hall–Kier alpha value is -2.96. The maximum absolute atomic E-state index is 12.4. The number of halogens is 2. The number of benzene rings is 1. The number of pyridine rings is 1. The molecule has 0 atom stereocenters. The van der Waals surface area contributed by atoms with Crippen molar-refractivity contribution < 1.29 is 13.5 Å². The van der Waals surface area contributed by atoms with E-state index in [4.69, 9.17) is 0 Å². The van der Waals surface area contributed by atoms with Crippen LogP contribution in [0.25, 0.3) is 33.1 Å². The lowest BCUT2D eigenvalue weighted by Crippen LogP contribution is -2.01. The molecule has 4 rings (SSSR count). The summed E-state index contributed by atoms with van der Waals surface area (Å²) in [5.41, 5.74) is 3.28. The Labute approximate surface area is 122 Å². The minimum Gasteiger partial charge on any atom is -0.435 e. The van der Waals surface area contributed by atoms with Crippen LogP contribution in [0.1, 0.15) is 0 Å². The molecule has 0 saturated heterocycles. The van der Waals surface area contributed by atoms with Crippen molar-refractivity contribution >= 4 is 21.8 Å². The van der Waals surface area contributed by atoms with Crippen molar-refractivity contribution in [3.63, 3.8) is 0 Å². The Morgan fingerprint density at radius 2 is 1.91 bits per heavy atom. The monoisotopic (exact) mass is 300 g/mol. The summed E-state index contributed by atoms with van der Waals surface area (Å²) < 4.78 is 29.2. The van der Waals surface area contributed by atoms with Crippen molar-refractivity contribution in [3.8, 4) is 17.0 Å². The fourth-order valence-electron chi connectivity index (χ4n) is 2.50. The zero-order valence-electron chi connectivity index (χ0n) is 11.2. The quantitative estimate of drug-likeness (QED) is 0.606. The summed E-state index contributed by atoms with van der Waals surface area (Å²) in [6, 6.07) is 6.71. The van der Waals surface area contributed by atoms with E-state index in [-0.39, 0.29) is 5.75 Å². The van der Waals surface area contributed by atoms with Crippen LogP contribution >= 0.6 is 0 Å². The topological polar surface area (TPSA) is 66.6 Å². The van der Waals surface area contributed by atoms with Crippen molar-refractivity contribution in [2.24, 2.45) is 0 Å². The van der Waals surface area contributed by atoms with Gasteiger partial charge in [-0.15, -0.1) is 0 Å². The molecule has 0 unspecified atom stereocenters. The molecule has 4 aromatic rings. The Balaban J connectivity index is 1.91. The number of H-pyrrole nitrogens is 2. The molecule has 1 aromatic carbocycles. The lowest BCUT2D eigenvalue weighted by Gasteiger charge is -2.03. The molecule has 0 aliphatic carbocycles. The van der Waals surface area contributed by atoms with Gasteiger partial charge in [0.05, 0.1) is 23.6 Å². The number of aromatic amines is 2. The fourth-order valence-corrected chi connectivity index (χ4v) is 2.50. The molecule has 0 aliphatic rings. The third-order valence-corrected chi connectivity index (χ3v) is 3.47. The Morgan fingerprint density at radius 3 is 2.68 bits per heavy atom. The van der Waals surface area contributed by atoms with E-state index in [2.05, 4.69) is 24.9 Å². The van der Waals surface area contributed by atoms with Gasteiger partial charge in [0.15, 0.2) is 0 Å². The molecule has 3 aromatic heterocycles. The van der Waals surface area contributed by atoms with Gasteiger partial charge in [-0.05, 0) is 24.3 Å². The van der Waals surface area contributed by atoms with Crippen LogP contribution in [0.2, 0.25) is 0 Å². The molecule has 0 saturated carbocycles. The molecule has 0 radical (unpaired) electrons. The Bertz CT molecular complexity index is 947. The van der Waals surface area contributed by atoms with Gasteiger partial charge >= 0.3 is 6.61 Å². The molecule has 110 valence electrons. The number of fused-ring (bicyclic) bond motifs is 3. The van der Waals surface area contributed by atoms with E-state index < -0.39 is 6.61 Å². The van der Waals surface area contributed by atoms with Crippen molar-refractivity contribution in [1.29, 1.82) is 0 Å². The summed E-state index contributed by atoms with van der Waals surface area (Å²) in [6.45, 7) is -2.84. The average Bonchev–Trinajstić information content (AvgIpc) is 3.13. The molecule has 0 bridgehead atoms. The smallest absolute Gasteiger partial charge is 0.387 e. The minimum absolute atomic E-state index is 0.130. The van der Waals surface area contributed by atoms with Crippen LogP contribution < -0.4 is 4.74 Å². The predicted octanol–water partition coefficient (Wildman–Crippen LogP) is 3.71. The van der Waals surface area contributed by atoms with Gasteiger partial charge < -0.3 is 9.72 Å². The van der Waals surface area contributed by atoms with E-state index in [1.54, 1.807) is 30.7 Å². The normalized spacial score (nSPS) is 11.6. The largest absolute Gasteiger partial charge is 0.435 e. The van der Waals surface area contributed by atoms with Crippen molar-refractivity contribution in [3.05, 3.63) is 42.9 Å². The van der Waals surface area contributed by atoms with Gasteiger partial charge in [0.25, 0.3) is 0 Å². The standard InChI is InChI=1S/C15H10F2N4O/c16-15(17)22-9-1-2-12-10(3-9)11-4-13(8-5-19-20-6-8)18-7-14(11)21-12/h1-7,15,21H,(H,19,20). The number of nitrogens with zero attached hydrogens (tertiary/aromatic N) is 2. The molecular weight excluding hydrogens is 290 g/mol. The number of alkyl halides is 2. The number of aromatic nitrogens is 4. The van der Waals surface area contributed by atoms with Crippen molar-refractivity contribution in [2.75, 3.05) is 0 Å². The maximum atomic E-state index is 12.4.